The van der Waals surface area contributed by atoms with Gasteiger partial charge in [0.2, 0.25) is 0 Å². The van der Waals surface area contributed by atoms with E-state index in [4.69, 9.17) is 4.74 Å². The summed E-state index contributed by atoms with van der Waals surface area (Å²) >= 11 is 0. The minimum atomic E-state index is -1.14. The highest BCUT2D eigenvalue weighted by molar-refractivity contribution is 5.19. The van der Waals surface area contributed by atoms with Crippen molar-refractivity contribution in [2.24, 2.45) is 22.7 Å². The van der Waals surface area contributed by atoms with E-state index in [-0.39, 0.29) is 22.7 Å². The molecule has 0 aromatic carbocycles. The fourth-order valence-corrected chi connectivity index (χ4v) is 6.47. The molecule has 3 aliphatic rings. The first kappa shape index (κ1) is 18.4. The van der Waals surface area contributed by atoms with Gasteiger partial charge in [0.1, 0.15) is 11.7 Å². The van der Waals surface area contributed by atoms with Gasteiger partial charge in [0.25, 0.3) is 0 Å². The van der Waals surface area contributed by atoms with Gasteiger partial charge in [-0.05, 0) is 55.8 Å². The highest BCUT2D eigenvalue weighted by Crippen LogP contribution is 2.66. The van der Waals surface area contributed by atoms with Crippen molar-refractivity contribution in [1.29, 1.82) is 0 Å². The Hall–Kier alpha value is -0.420. The average molecular weight is 338 g/mol. The van der Waals surface area contributed by atoms with Crippen LogP contribution >= 0.6 is 0 Å². The normalized spacial score (nSPS) is 52.9. The molecule has 1 aliphatic heterocycles. The fourth-order valence-electron chi connectivity index (χ4n) is 6.47. The molecule has 138 valence electrons. The molecule has 3 fully saturated rings. The van der Waals surface area contributed by atoms with E-state index in [1.807, 2.05) is 6.92 Å². The molecule has 2 saturated carbocycles. The minimum absolute atomic E-state index is 0.0201. The zero-order valence-corrected chi connectivity index (χ0v) is 15.7. The molecule has 0 unspecified atom stereocenters. The molecule has 1 heterocycles. The van der Waals surface area contributed by atoms with Crippen LogP contribution in [0.5, 0.6) is 0 Å². The van der Waals surface area contributed by atoms with Crippen molar-refractivity contribution < 1.29 is 20.1 Å². The summed E-state index contributed by atoms with van der Waals surface area (Å²) in [6, 6.07) is 0. The Balaban J connectivity index is 2.06. The van der Waals surface area contributed by atoms with Crippen molar-refractivity contribution in [3.8, 4) is 0 Å². The van der Waals surface area contributed by atoms with Crippen LogP contribution in [-0.2, 0) is 4.74 Å². The van der Waals surface area contributed by atoms with Gasteiger partial charge >= 0.3 is 0 Å². The zero-order chi connectivity index (χ0) is 18.1. The second-order valence-corrected chi connectivity index (χ2v) is 9.77. The van der Waals surface area contributed by atoms with Gasteiger partial charge in [-0.3, -0.25) is 0 Å². The molecule has 4 nitrogen and oxygen atoms in total. The maximum Gasteiger partial charge on any atom is 0.109 e. The van der Waals surface area contributed by atoms with Crippen molar-refractivity contribution >= 4 is 0 Å². The Kier molecular flexibility index (Phi) is 4.05. The highest BCUT2D eigenvalue weighted by Gasteiger charge is 2.69. The van der Waals surface area contributed by atoms with E-state index in [2.05, 4.69) is 27.4 Å². The molecule has 0 aromatic rings. The van der Waals surface area contributed by atoms with Crippen LogP contribution in [0, 0.1) is 22.7 Å². The van der Waals surface area contributed by atoms with Crippen molar-refractivity contribution in [2.75, 3.05) is 0 Å². The Morgan fingerprint density at radius 3 is 2.38 bits per heavy atom. The quantitative estimate of drug-likeness (QED) is 0.677. The Labute approximate surface area is 145 Å². The number of hydrogen-bond donors (Lipinski definition) is 3. The molecule has 3 N–H and O–H groups in total. The van der Waals surface area contributed by atoms with Crippen molar-refractivity contribution in [3.05, 3.63) is 12.7 Å². The molecule has 3 rings (SSSR count). The molecule has 4 heteroatoms. The van der Waals surface area contributed by atoms with E-state index in [0.29, 0.717) is 6.42 Å². The van der Waals surface area contributed by atoms with Crippen LogP contribution in [0.25, 0.3) is 0 Å². The van der Waals surface area contributed by atoms with Crippen molar-refractivity contribution in [2.45, 2.75) is 89.8 Å². The minimum Gasteiger partial charge on any atom is -0.390 e. The molecule has 2 aliphatic carbocycles. The lowest BCUT2D eigenvalue weighted by Gasteiger charge is -2.63. The monoisotopic (exact) mass is 338 g/mol. The summed E-state index contributed by atoms with van der Waals surface area (Å²) in [4.78, 5) is 0. The van der Waals surface area contributed by atoms with Crippen molar-refractivity contribution in [1.82, 2.24) is 0 Å². The van der Waals surface area contributed by atoms with Crippen LogP contribution < -0.4 is 0 Å². The second kappa shape index (κ2) is 5.29. The summed E-state index contributed by atoms with van der Waals surface area (Å²) in [6.07, 6.45) is 3.26. The van der Waals surface area contributed by atoms with E-state index >= 15 is 0 Å². The molecule has 24 heavy (non-hydrogen) atoms. The van der Waals surface area contributed by atoms with Crippen LogP contribution in [0.3, 0.4) is 0 Å². The number of aliphatic hydroxyl groups excluding tert-OH is 2. The van der Waals surface area contributed by atoms with E-state index in [9.17, 15) is 15.3 Å². The molecule has 8 atom stereocenters. The lowest BCUT2D eigenvalue weighted by Crippen LogP contribution is -2.68. The van der Waals surface area contributed by atoms with Gasteiger partial charge in [-0.1, -0.05) is 33.3 Å². The predicted molar refractivity (Wildman–Crippen MR) is 93.4 cm³/mol. The largest absolute Gasteiger partial charge is 0.390 e. The summed E-state index contributed by atoms with van der Waals surface area (Å²) < 4.78 is 6.24. The van der Waals surface area contributed by atoms with Crippen LogP contribution in [-0.4, -0.2) is 44.8 Å². The van der Waals surface area contributed by atoms with Gasteiger partial charge in [-0.15, -0.1) is 6.58 Å². The maximum atomic E-state index is 11.0. The summed E-state index contributed by atoms with van der Waals surface area (Å²) in [5.41, 5.74) is -2.11. The van der Waals surface area contributed by atoms with Gasteiger partial charge in [-0.25, -0.2) is 0 Å². The summed E-state index contributed by atoms with van der Waals surface area (Å²) in [5.74, 6) is 0.132. The molecule has 0 aromatic heterocycles. The number of ether oxygens (including phenoxy) is 1. The van der Waals surface area contributed by atoms with Crippen LogP contribution in [0.4, 0.5) is 0 Å². The van der Waals surface area contributed by atoms with Crippen LogP contribution in [0.15, 0.2) is 12.7 Å². The van der Waals surface area contributed by atoms with Gasteiger partial charge in [0.05, 0.1) is 17.8 Å². The van der Waals surface area contributed by atoms with E-state index in [0.717, 1.165) is 19.3 Å². The third-order valence-electron chi connectivity index (χ3n) is 7.74. The van der Waals surface area contributed by atoms with Crippen LogP contribution in [0.2, 0.25) is 0 Å². The molecule has 0 spiro atoms. The van der Waals surface area contributed by atoms with Crippen molar-refractivity contribution in [3.63, 3.8) is 0 Å². The molecule has 0 radical (unpaired) electrons. The first-order valence-corrected chi connectivity index (χ1v) is 9.30. The summed E-state index contributed by atoms with van der Waals surface area (Å²) in [7, 11) is 0. The Bertz CT molecular complexity index is 528. The molecular formula is C20H34O4. The van der Waals surface area contributed by atoms with Gasteiger partial charge in [0.15, 0.2) is 0 Å². The maximum absolute atomic E-state index is 11.0. The average Bonchev–Trinajstić information content (AvgIpc) is 2.85. The predicted octanol–water partition coefficient (Wildman–Crippen LogP) is 2.66. The second-order valence-electron chi connectivity index (χ2n) is 9.77. The Morgan fingerprint density at radius 2 is 1.79 bits per heavy atom. The Morgan fingerprint density at radius 1 is 1.17 bits per heavy atom. The molecule has 1 saturated heterocycles. The number of hydrogen-bond acceptors (Lipinski definition) is 4. The number of aliphatic hydroxyl groups is 3. The summed E-state index contributed by atoms with van der Waals surface area (Å²) in [5, 5.41) is 32.6. The lowest BCUT2D eigenvalue weighted by atomic mass is 9.44. The van der Waals surface area contributed by atoms with Gasteiger partial charge in [0, 0.05) is 0 Å². The van der Waals surface area contributed by atoms with Crippen LogP contribution in [0.1, 0.15) is 60.3 Å². The molecular weight excluding hydrogens is 304 g/mol. The van der Waals surface area contributed by atoms with E-state index in [1.165, 1.54) is 6.08 Å². The topological polar surface area (TPSA) is 69.9 Å². The van der Waals surface area contributed by atoms with E-state index < -0.39 is 29.5 Å². The third kappa shape index (κ3) is 2.26. The molecule has 0 amide bonds. The third-order valence-corrected chi connectivity index (χ3v) is 7.74. The van der Waals surface area contributed by atoms with Gasteiger partial charge in [-0.2, -0.15) is 0 Å². The number of fused-ring (bicyclic) bond motifs is 3. The lowest BCUT2D eigenvalue weighted by molar-refractivity contribution is -0.262. The number of rotatable bonds is 2. The first-order valence-electron chi connectivity index (χ1n) is 9.30. The summed E-state index contributed by atoms with van der Waals surface area (Å²) in [6.45, 7) is 14.0. The van der Waals surface area contributed by atoms with E-state index in [1.54, 1.807) is 6.92 Å². The first-order chi connectivity index (χ1) is 10.9. The molecule has 0 bridgehead atoms. The van der Waals surface area contributed by atoms with Gasteiger partial charge < -0.3 is 20.1 Å². The fraction of sp³-hybridized carbons (Fsp3) is 0.900. The zero-order valence-electron chi connectivity index (χ0n) is 15.7. The highest BCUT2D eigenvalue weighted by atomic mass is 16.5. The SMILES string of the molecule is C=C[C@@](C)(O)[C@H]1C[C@@H]2[C@@]3(C)CCCC(C)(C)[C@H]3[C@H](O)[C@H](O)[C@@]2(C)O1. The standard InChI is InChI=1S/C20H34O4/c1-7-19(5,23)13-11-12-18(4)10-8-9-17(2,3)15(18)14(21)16(22)20(12,6)24-13/h7,12-16,21-23H,1,8-11H2,2-6H3/t12-,13-,14+,15-,16+,18-,19-,20+/m1/s1. The smallest absolute Gasteiger partial charge is 0.109 e.